The second-order valence-electron chi connectivity index (χ2n) is 1.30. The molecule has 0 saturated heterocycles. The van der Waals surface area contributed by atoms with Crippen molar-refractivity contribution in [3.63, 3.8) is 0 Å². The van der Waals surface area contributed by atoms with Crippen LogP contribution in [0.4, 0.5) is 0 Å². The van der Waals surface area contributed by atoms with Crippen molar-refractivity contribution in [1.29, 1.82) is 0 Å². The molecule has 0 radical (unpaired) electrons. The van der Waals surface area contributed by atoms with E-state index in [2.05, 4.69) is 5.32 Å². The van der Waals surface area contributed by atoms with Crippen LogP contribution in [0.15, 0.2) is 12.2 Å². The number of carboxylic acid groups (broad SMARTS) is 1. The summed E-state index contributed by atoms with van der Waals surface area (Å²) in [4.78, 5) is 9.76. The minimum Gasteiger partial charge on any atom is -0.478 e. The van der Waals surface area contributed by atoms with E-state index in [0.717, 1.165) is 6.08 Å². The standard InChI is InChI=1S/C5H9NO2.ClH/c1-6-4-2-3-5(7)8;/h2-3,6H,4H2,1H3,(H,7,8);1H. The van der Waals surface area contributed by atoms with Crippen molar-refractivity contribution >= 4 is 18.4 Å². The fourth-order valence-electron chi connectivity index (χ4n) is 0.278. The smallest absolute Gasteiger partial charge is 0.328 e. The van der Waals surface area contributed by atoms with E-state index in [1.54, 1.807) is 13.1 Å². The van der Waals surface area contributed by atoms with E-state index >= 15 is 0 Å². The Labute approximate surface area is 60.2 Å². The lowest BCUT2D eigenvalue weighted by atomic mass is 10.5. The van der Waals surface area contributed by atoms with Crippen molar-refractivity contribution in [2.24, 2.45) is 0 Å². The average molecular weight is 152 g/mol. The van der Waals surface area contributed by atoms with Gasteiger partial charge in [0, 0.05) is 12.6 Å². The quantitative estimate of drug-likeness (QED) is 0.570. The first-order valence-corrected chi connectivity index (χ1v) is 2.31. The number of hydrogen-bond donors (Lipinski definition) is 2. The predicted molar refractivity (Wildman–Crippen MR) is 38.0 cm³/mol. The van der Waals surface area contributed by atoms with Gasteiger partial charge in [-0.05, 0) is 7.05 Å². The lowest BCUT2D eigenvalue weighted by Gasteiger charge is -1.83. The van der Waals surface area contributed by atoms with Gasteiger partial charge < -0.3 is 10.4 Å². The monoisotopic (exact) mass is 151 g/mol. The van der Waals surface area contributed by atoms with Gasteiger partial charge in [-0.15, -0.1) is 12.4 Å². The van der Waals surface area contributed by atoms with E-state index < -0.39 is 5.97 Å². The van der Waals surface area contributed by atoms with Crippen molar-refractivity contribution in [3.05, 3.63) is 12.2 Å². The maximum atomic E-state index is 9.76. The highest BCUT2D eigenvalue weighted by atomic mass is 35.5. The van der Waals surface area contributed by atoms with Crippen LogP contribution in [0.5, 0.6) is 0 Å². The Morgan fingerprint density at radius 3 is 2.67 bits per heavy atom. The van der Waals surface area contributed by atoms with Crippen molar-refractivity contribution in [2.45, 2.75) is 0 Å². The predicted octanol–water partition coefficient (Wildman–Crippen LogP) is 0.268. The first-order valence-electron chi connectivity index (χ1n) is 2.31. The summed E-state index contributed by atoms with van der Waals surface area (Å²) in [6.45, 7) is 0.603. The SMILES string of the molecule is CNCC=CC(=O)O.Cl. The Morgan fingerprint density at radius 2 is 2.33 bits per heavy atom. The zero-order valence-electron chi connectivity index (χ0n) is 5.13. The van der Waals surface area contributed by atoms with Crippen LogP contribution in [0.3, 0.4) is 0 Å². The molecule has 0 bridgehead atoms. The Hall–Kier alpha value is -0.540. The number of nitrogens with one attached hydrogen (secondary N) is 1. The number of carbonyl (C=O) groups is 1. The van der Waals surface area contributed by atoms with Gasteiger partial charge >= 0.3 is 5.97 Å². The summed E-state index contributed by atoms with van der Waals surface area (Å²) in [6.07, 6.45) is 2.65. The maximum absolute atomic E-state index is 9.76. The molecule has 0 aliphatic rings. The molecular weight excluding hydrogens is 142 g/mol. The van der Waals surface area contributed by atoms with Crippen molar-refractivity contribution < 1.29 is 9.90 Å². The molecule has 0 rings (SSSR count). The molecule has 0 aromatic carbocycles. The van der Waals surface area contributed by atoms with Crippen LogP contribution in [0.25, 0.3) is 0 Å². The van der Waals surface area contributed by atoms with Gasteiger partial charge in [0.25, 0.3) is 0 Å². The number of hydrogen-bond acceptors (Lipinski definition) is 2. The second kappa shape index (κ2) is 7.46. The fourth-order valence-corrected chi connectivity index (χ4v) is 0.278. The minimum absolute atomic E-state index is 0. The summed E-state index contributed by atoms with van der Waals surface area (Å²) >= 11 is 0. The van der Waals surface area contributed by atoms with Gasteiger partial charge in [-0.2, -0.15) is 0 Å². The van der Waals surface area contributed by atoms with E-state index in [-0.39, 0.29) is 12.4 Å². The molecule has 0 saturated carbocycles. The molecule has 0 fully saturated rings. The molecule has 0 aromatic heterocycles. The summed E-state index contributed by atoms with van der Waals surface area (Å²) in [7, 11) is 1.76. The van der Waals surface area contributed by atoms with Gasteiger partial charge in [-0.25, -0.2) is 4.79 Å². The summed E-state index contributed by atoms with van der Waals surface area (Å²) in [5, 5.41) is 10.8. The zero-order chi connectivity index (χ0) is 6.41. The van der Waals surface area contributed by atoms with Gasteiger partial charge in [-0.1, -0.05) is 6.08 Å². The first kappa shape index (κ1) is 11.3. The molecule has 0 spiro atoms. The molecule has 4 heteroatoms. The number of carboxylic acids is 1. The van der Waals surface area contributed by atoms with Gasteiger partial charge in [0.2, 0.25) is 0 Å². The highest BCUT2D eigenvalue weighted by Crippen LogP contribution is 1.67. The molecule has 2 N–H and O–H groups in total. The Morgan fingerprint density at radius 1 is 1.78 bits per heavy atom. The average Bonchev–Trinajstić information content (AvgIpc) is 1.66. The van der Waals surface area contributed by atoms with Crippen LogP contribution >= 0.6 is 12.4 Å². The fraction of sp³-hybridized carbons (Fsp3) is 0.400. The lowest BCUT2D eigenvalue weighted by Crippen LogP contribution is -2.04. The van der Waals surface area contributed by atoms with Gasteiger partial charge in [0.05, 0.1) is 0 Å². The molecule has 54 valence electrons. The Balaban J connectivity index is 0. The maximum Gasteiger partial charge on any atom is 0.328 e. The number of halogens is 1. The van der Waals surface area contributed by atoms with Crippen molar-refractivity contribution in [1.82, 2.24) is 5.32 Å². The highest BCUT2D eigenvalue weighted by molar-refractivity contribution is 5.85. The van der Waals surface area contributed by atoms with Crippen LogP contribution in [0, 0.1) is 0 Å². The van der Waals surface area contributed by atoms with Crippen LogP contribution in [-0.2, 0) is 4.79 Å². The van der Waals surface area contributed by atoms with Crippen LogP contribution in [-0.4, -0.2) is 24.7 Å². The van der Waals surface area contributed by atoms with Crippen LogP contribution in [0.1, 0.15) is 0 Å². The number of likely N-dealkylation sites (N-methyl/N-ethyl adjacent to an activating group) is 1. The normalized spacial score (nSPS) is 9.00. The van der Waals surface area contributed by atoms with Crippen molar-refractivity contribution in [2.75, 3.05) is 13.6 Å². The van der Waals surface area contributed by atoms with Crippen LogP contribution in [0.2, 0.25) is 0 Å². The molecule has 0 heterocycles. The highest BCUT2D eigenvalue weighted by Gasteiger charge is 1.80. The van der Waals surface area contributed by atoms with Gasteiger partial charge in [-0.3, -0.25) is 0 Å². The molecule has 3 nitrogen and oxygen atoms in total. The van der Waals surface area contributed by atoms with Crippen molar-refractivity contribution in [3.8, 4) is 0 Å². The number of rotatable bonds is 3. The summed E-state index contributed by atoms with van der Waals surface area (Å²) in [5.41, 5.74) is 0. The van der Waals surface area contributed by atoms with Gasteiger partial charge in [0.1, 0.15) is 0 Å². The van der Waals surface area contributed by atoms with E-state index in [4.69, 9.17) is 5.11 Å². The summed E-state index contributed by atoms with van der Waals surface area (Å²) in [5.74, 6) is -0.903. The molecular formula is C5H10ClNO2. The largest absolute Gasteiger partial charge is 0.478 e. The molecule has 0 aliphatic heterocycles. The molecule has 0 atom stereocenters. The van der Waals surface area contributed by atoms with E-state index in [0.29, 0.717) is 6.54 Å². The number of aliphatic carboxylic acids is 1. The zero-order valence-corrected chi connectivity index (χ0v) is 5.94. The molecule has 9 heavy (non-hydrogen) atoms. The lowest BCUT2D eigenvalue weighted by molar-refractivity contribution is -0.131. The molecule has 0 amide bonds. The van der Waals surface area contributed by atoms with E-state index in [1.165, 1.54) is 0 Å². The Kier molecular flexibility index (Phi) is 9.35. The second-order valence-corrected chi connectivity index (χ2v) is 1.30. The molecule has 0 aromatic rings. The Bertz CT molecular complexity index is 103. The van der Waals surface area contributed by atoms with E-state index in [9.17, 15) is 4.79 Å². The van der Waals surface area contributed by atoms with Crippen LogP contribution < -0.4 is 5.32 Å². The molecule has 0 unspecified atom stereocenters. The third-order valence-corrected chi connectivity index (χ3v) is 0.582. The van der Waals surface area contributed by atoms with Gasteiger partial charge in [0.15, 0.2) is 0 Å². The summed E-state index contributed by atoms with van der Waals surface area (Å²) in [6, 6.07) is 0. The first-order chi connectivity index (χ1) is 3.77. The summed E-state index contributed by atoms with van der Waals surface area (Å²) < 4.78 is 0. The topological polar surface area (TPSA) is 49.3 Å². The van der Waals surface area contributed by atoms with E-state index in [1.807, 2.05) is 0 Å². The minimum atomic E-state index is -0.903. The third-order valence-electron chi connectivity index (χ3n) is 0.582. The molecule has 0 aliphatic carbocycles. The third kappa shape index (κ3) is 11.2.